The molecule has 0 aromatic carbocycles. The van der Waals surface area contributed by atoms with Gasteiger partial charge in [0.25, 0.3) is 0 Å². The Morgan fingerprint density at radius 2 is 2.15 bits per heavy atom. The number of carboxylic acid groups (broad SMARTS) is 1. The van der Waals surface area contributed by atoms with Crippen LogP contribution >= 0.6 is 0 Å². The molecule has 2 aliphatic rings. The molecule has 5 nitrogen and oxygen atoms in total. The number of hydrogen-bond donors (Lipinski definition) is 2. The molecule has 1 aromatic rings. The molecule has 3 unspecified atom stereocenters. The lowest BCUT2D eigenvalue weighted by atomic mass is 9.86. The molecule has 0 spiro atoms. The summed E-state index contributed by atoms with van der Waals surface area (Å²) in [6.45, 7) is 0. The standard InChI is InChI=1S/C15H18N2O3/c18-14(8-11-7-9-4-5-10(11)6-9)17-13-3-1-2-12(16-13)15(19)20/h1-3,9-11H,4-8H2,(H,19,20)(H,16,17,18). The molecule has 106 valence electrons. The normalized spacial score (nSPS) is 27.5. The minimum Gasteiger partial charge on any atom is -0.477 e. The number of aromatic carboxylic acids is 1. The molecule has 2 fully saturated rings. The molecule has 2 N–H and O–H groups in total. The van der Waals surface area contributed by atoms with Gasteiger partial charge in [0.05, 0.1) is 0 Å². The van der Waals surface area contributed by atoms with E-state index in [0.717, 1.165) is 5.92 Å². The smallest absolute Gasteiger partial charge is 0.354 e. The van der Waals surface area contributed by atoms with Crippen molar-refractivity contribution in [1.82, 2.24) is 4.98 Å². The molecule has 1 aromatic heterocycles. The Labute approximate surface area is 117 Å². The van der Waals surface area contributed by atoms with Crippen LogP contribution in [-0.2, 0) is 4.79 Å². The first-order valence-electron chi connectivity index (χ1n) is 7.12. The van der Waals surface area contributed by atoms with Crippen LogP contribution in [0.1, 0.15) is 42.6 Å². The van der Waals surface area contributed by atoms with Crippen LogP contribution in [0.25, 0.3) is 0 Å². The lowest BCUT2D eigenvalue weighted by molar-refractivity contribution is -0.117. The highest BCUT2D eigenvalue weighted by Crippen LogP contribution is 2.49. The molecule has 20 heavy (non-hydrogen) atoms. The molecule has 3 rings (SSSR count). The maximum absolute atomic E-state index is 12.0. The zero-order valence-corrected chi connectivity index (χ0v) is 11.2. The van der Waals surface area contributed by atoms with Gasteiger partial charge in [-0.25, -0.2) is 9.78 Å². The van der Waals surface area contributed by atoms with Gasteiger partial charge in [-0.2, -0.15) is 0 Å². The van der Waals surface area contributed by atoms with E-state index < -0.39 is 5.97 Å². The summed E-state index contributed by atoms with van der Waals surface area (Å²) in [6, 6.07) is 4.61. The summed E-state index contributed by atoms with van der Waals surface area (Å²) in [4.78, 5) is 26.8. The summed E-state index contributed by atoms with van der Waals surface area (Å²) in [5.74, 6) is 1.21. The number of pyridine rings is 1. The van der Waals surface area contributed by atoms with Crippen LogP contribution < -0.4 is 5.32 Å². The molecule has 0 saturated heterocycles. The fourth-order valence-electron chi connectivity index (χ4n) is 3.68. The van der Waals surface area contributed by atoms with E-state index in [2.05, 4.69) is 10.3 Å². The average molecular weight is 274 g/mol. The highest BCUT2D eigenvalue weighted by Gasteiger charge is 2.40. The topological polar surface area (TPSA) is 79.3 Å². The van der Waals surface area contributed by atoms with Crippen LogP contribution in [0, 0.1) is 17.8 Å². The summed E-state index contributed by atoms with van der Waals surface area (Å²) >= 11 is 0. The average Bonchev–Trinajstić information content (AvgIpc) is 3.01. The van der Waals surface area contributed by atoms with Gasteiger partial charge in [-0.3, -0.25) is 4.79 Å². The lowest BCUT2D eigenvalue weighted by Gasteiger charge is -2.20. The van der Waals surface area contributed by atoms with Gasteiger partial charge in [0.2, 0.25) is 5.91 Å². The van der Waals surface area contributed by atoms with E-state index in [1.807, 2.05) is 0 Å². The van der Waals surface area contributed by atoms with Crippen LogP contribution in [-0.4, -0.2) is 22.0 Å². The van der Waals surface area contributed by atoms with E-state index in [4.69, 9.17) is 5.11 Å². The van der Waals surface area contributed by atoms with E-state index in [0.29, 0.717) is 24.1 Å². The van der Waals surface area contributed by atoms with Gasteiger partial charge >= 0.3 is 5.97 Å². The number of hydrogen-bond acceptors (Lipinski definition) is 3. The number of carbonyl (C=O) groups excluding carboxylic acids is 1. The van der Waals surface area contributed by atoms with Crippen LogP contribution in [0.3, 0.4) is 0 Å². The van der Waals surface area contributed by atoms with Crippen molar-refractivity contribution in [2.75, 3.05) is 5.32 Å². The maximum atomic E-state index is 12.0. The third kappa shape index (κ3) is 2.66. The molecule has 2 bridgehead atoms. The largest absolute Gasteiger partial charge is 0.477 e. The van der Waals surface area contributed by atoms with Crippen molar-refractivity contribution in [2.45, 2.75) is 32.1 Å². The second kappa shape index (κ2) is 5.23. The van der Waals surface area contributed by atoms with E-state index >= 15 is 0 Å². The number of anilines is 1. The van der Waals surface area contributed by atoms with Crippen molar-refractivity contribution in [3.63, 3.8) is 0 Å². The van der Waals surface area contributed by atoms with Gasteiger partial charge in [0.1, 0.15) is 5.82 Å². The quantitative estimate of drug-likeness (QED) is 0.884. The highest BCUT2D eigenvalue weighted by atomic mass is 16.4. The molecule has 0 aliphatic heterocycles. The van der Waals surface area contributed by atoms with Crippen LogP contribution in [0.5, 0.6) is 0 Å². The first kappa shape index (κ1) is 13.1. The SMILES string of the molecule is O=C(CC1CC2CCC1C2)Nc1cccc(C(=O)O)n1. The number of nitrogens with one attached hydrogen (secondary N) is 1. The van der Waals surface area contributed by atoms with E-state index in [1.54, 1.807) is 12.1 Å². The molecule has 3 atom stereocenters. The Bertz CT molecular complexity index is 544. The number of rotatable bonds is 4. The molecule has 1 heterocycles. The Morgan fingerprint density at radius 3 is 2.80 bits per heavy atom. The Morgan fingerprint density at radius 1 is 1.30 bits per heavy atom. The van der Waals surface area contributed by atoms with Crippen molar-refractivity contribution in [1.29, 1.82) is 0 Å². The van der Waals surface area contributed by atoms with Crippen LogP contribution in [0.2, 0.25) is 0 Å². The van der Waals surface area contributed by atoms with E-state index in [1.165, 1.54) is 31.7 Å². The summed E-state index contributed by atoms with van der Waals surface area (Å²) in [5, 5.41) is 11.6. The highest BCUT2D eigenvalue weighted by molar-refractivity contribution is 5.91. The predicted octanol–water partition coefficient (Wildman–Crippen LogP) is 2.54. The van der Waals surface area contributed by atoms with Gasteiger partial charge in [-0.1, -0.05) is 12.5 Å². The summed E-state index contributed by atoms with van der Waals surface area (Å²) in [6.07, 6.45) is 5.56. The van der Waals surface area contributed by atoms with Crippen molar-refractivity contribution in [2.24, 2.45) is 17.8 Å². The van der Waals surface area contributed by atoms with Crippen molar-refractivity contribution >= 4 is 17.7 Å². The Hall–Kier alpha value is -1.91. The third-order valence-electron chi connectivity index (χ3n) is 4.57. The molecular weight excluding hydrogens is 256 g/mol. The second-order valence-electron chi connectivity index (χ2n) is 5.90. The molecule has 5 heteroatoms. The Kier molecular flexibility index (Phi) is 3.42. The Balaban J connectivity index is 1.59. The van der Waals surface area contributed by atoms with E-state index in [9.17, 15) is 9.59 Å². The zero-order valence-electron chi connectivity index (χ0n) is 11.2. The number of amides is 1. The number of nitrogens with zero attached hydrogens (tertiary/aromatic N) is 1. The zero-order chi connectivity index (χ0) is 14.1. The van der Waals surface area contributed by atoms with Gasteiger partial charge in [0.15, 0.2) is 5.69 Å². The van der Waals surface area contributed by atoms with Gasteiger partial charge < -0.3 is 10.4 Å². The second-order valence-corrected chi connectivity index (χ2v) is 5.90. The predicted molar refractivity (Wildman–Crippen MR) is 73.4 cm³/mol. The van der Waals surface area contributed by atoms with Crippen LogP contribution in [0.4, 0.5) is 5.82 Å². The van der Waals surface area contributed by atoms with Crippen molar-refractivity contribution < 1.29 is 14.7 Å². The summed E-state index contributed by atoms with van der Waals surface area (Å²) < 4.78 is 0. The summed E-state index contributed by atoms with van der Waals surface area (Å²) in [5.41, 5.74) is -0.0530. The summed E-state index contributed by atoms with van der Waals surface area (Å²) in [7, 11) is 0. The molecular formula is C15H18N2O3. The fourth-order valence-corrected chi connectivity index (χ4v) is 3.68. The van der Waals surface area contributed by atoms with E-state index in [-0.39, 0.29) is 11.6 Å². The first-order chi connectivity index (χ1) is 9.61. The van der Waals surface area contributed by atoms with Gasteiger partial charge in [-0.15, -0.1) is 0 Å². The van der Waals surface area contributed by atoms with Crippen LogP contribution in [0.15, 0.2) is 18.2 Å². The molecule has 2 aliphatic carbocycles. The minimum atomic E-state index is -1.09. The molecule has 2 saturated carbocycles. The third-order valence-corrected chi connectivity index (χ3v) is 4.57. The minimum absolute atomic E-state index is 0.0530. The lowest BCUT2D eigenvalue weighted by Crippen LogP contribution is -2.21. The number of fused-ring (bicyclic) bond motifs is 2. The maximum Gasteiger partial charge on any atom is 0.354 e. The molecule has 0 radical (unpaired) electrons. The molecule has 1 amide bonds. The van der Waals surface area contributed by atoms with Gasteiger partial charge in [-0.05, 0) is 49.1 Å². The number of carboxylic acids is 1. The number of carbonyl (C=O) groups is 2. The monoisotopic (exact) mass is 274 g/mol. The number of aromatic nitrogens is 1. The van der Waals surface area contributed by atoms with Gasteiger partial charge in [0, 0.05) is 6.42 Å². The first-order valence-corrected chi connectivity index (χ1v) is 7.12. The van der Waals surface area contributed by atoms with Crippen molar-refractivity contribution in [3.8, 4) is 0 Å². The van der Waals surface area contributed by atoms with Crippen molar-refractivity contribution in [3.05, 3.63) is 23.9 Å². The fraction of sp³-hybridized carbons (Fsp3) is 0.533.